The fourth-order valence-electron chi connectivity index (χ4n) is 4.39. The summed E-state index contributed by atoms with van der Waals surface area (Å²) in [4.78, 5) is 0. The van der Waals surface area contributed by atoms with E-state index in [0.29, 0.717) is 0 Å². The van der Waals surface area contributed by atoms with Crippen LogP contribution in [0.1, 0.15) is 37.8 Å². The number of allylic oxidation sites excluding steroid dienone is 8. The van der Waals surface area contributed by atoms with Crippen molar-refractivity contribution in [3.63, 3.8) is 0 Å². The molecule has 0 saturated carbocycles. The Kier molecular flexibility index (Phi) is 5.93. The minimum absolute atomic E-state index is 0.828. The van der Waals surface area contributed by atoms with E-state index in [2.05, 4.69) is 86.7 Å². The molecule has 2 aromatic carbocycles. The van der Waals surface area contributed by atoms with Gasteiger partial charge in [0.15, 0.2) is 0 Å². The van der Waals surface area contributed by atoms with Gasteiger partial charge in [-0.05, 0) is 0 Å². The third-order valence-corrected chi connectivity index (χ3v) is 17.6. The van der Waals surface area contributed by atoms with Crippen LogP contribution in [0.25, 0.3) is 0 Å². The van der Waals surface area contributed by atoms with Crippen molar-refractivity contribution in [3.8, 4) is 11.5 Å². The van der Waals surface area contributed by atoms with Gasteiger partial charge in [0, 0.05) is 0 Å². The SMILES string of the molecule is [CH2]=[Zr]([O]c1ccccc1CC)([O]c1ccccc1CC)([C]1=CC=CC1)[C]1=CC=CC1. The Balaban J connectivity index is 1.94. The zero-order valence-electron chi connectivity index (χ0n) is 17.9. The topological polar surface area (TPSA) is 18.5 Å². The second-order valence-corrected chi connectivity index (χ2v) is 18.4. The van der Waals surface area contributed by atoms with Gasteiger partial charge in [0.2, 0.25) is 0 Å². The maximum absolute atomic E-state index is 7.14. The molecule has 2 aliphatic rings. The van der Waals surface area contributed by atoms with Crippen LogP contribution in [0.5, 0.6) is 11.5 Å². The molecule has 0 heterocycles. The molecule has 0 bridgehead atoms. The number of hydrogen-bond acceptors (Lipinski definition) is 2. The van der Waals surface area contributed by atoms with Crippen molar-refractivity contribution in [3.05, 3.63) is 103 Å². The molecule has 4 rings (SSSR count). The summed E-state index contributed by atoms with van der Waals surface area (Å²) in [5, 5.41) is 0. The van der Waals surface area contributed by atoms with Crippen molar-refractivity contribution in [2.24, 2.45) is 0 Å². The monoisotopic (exact) mass is 476 g/mol. The first kappa shape index (κ1) is 21.0. The molecule has 0 spiro atoms. The van der Waals surface area contributed by atoms with Gasteiger partial charge in [0.05, 0.1) is 0 Å². The molecule has 3 heteroatoms. The molecule has 2 nitrogen and oxygen atoms in total. The fraction of sp³-hybridized carbons (Fsp3) is 0.222. The summed E-state index contributed by atoms with van der Waals surface area (Å²) in [5.41, 5.74) is 2.37. The summed E-state index contributed by atoms with van der Waals surface area (Å²) in [6.07, 6.45) is 16.4. The zero-order valence-corrected chi connectivity index (χ0v) is 20.4. The van der Waals surface area contributed by atoms with Crippen LogP contribution in [0.2, 0.25) is 0 Å². The van der Waals surface area contributed by atoms with Gasteiger partial charge in [-0.25, -0.2) is 0 Å². The quantitative estimate of drug-likeness (QED) is 0.411. The van der Waals surface area contributed by atoms with Gasteiger partial charge < -0.3 is 0 Å². The van der Waals surface area contributed by atoms with E-state index in [-0.39, 0.29) is 0 Å². The Hall–Kier alpha value is -2.25. The molecule has 0 N–H and O–H groups in total. The van der Waals surface area contributed by atoms with Gasteiger partial charge in [-0.2, -0.15) is 0 Å². The first-order valence-electron chi connectivity index (χ1n) is 10.9. The molecular formula is C27H30O2Zr. The summed E-state index contributed by atoms with van der Waals surface area (Å²) in [7, 11) is 0. The summed E-state index contributed by atoms with van der Waals surface area (Å²) in [5.74, 6) is 1.80. The third-order valence-electron chi connectivity index (χ3n) is 6.20. The molecule has 0 fully saturated rings. The molecule has 0 aliphatic heterocycles. The summed E-state index contributed by atoms with van der Waals surface area (Å²) >= 11 is -4.87. The van der Waals surface area contributed by atoms with E-state index < -0.39 is 19.2 Å². The number of hydrogen-bond donors (Lipinski definition) is 0. The Morgan fingerprint density at radius 2 is 1.17 bits per heavy atom. The van der Waals surface area contributed by atoms with Gasteiger partial charge in [-0.15, -0.1) is 0 Å². The van der Waals surface area contributed by atoms with Gasteiger partial charge in [0.25, 0.3) is 0 Å². The molecule has 0 radical (unpaired) electrons. The van der Waals surface area contributed by atoms with Crippen LogP contribution in [-0.4, -0.2) is 4.21 Å². The number of para-hydroxylation sites is 2. The molecule has 0 saturated heterocycles. The maximum atomic E-state index is 7.14. The molecular weight excluding hydrogens is 448 g/mol. The molecule has 2 aliphatic carbocycles. The Morgan fingerprint density at radius 3 is 1.53 bits per heavy atom. The van der Waals surface area contributed by atoms with E-state index in [9.17, 15) is 0 Å². The van der Waals surface area contributed by atoms with Crippen molar-refractivity contribution in [2.45, 2.75) is 39.5 Å². The summed E-state index contributed by atoms with van der Waals surface area (Å²) in [6, 6.07) is 16.6. The van der Waals surface area contributed by atoms with Crippen LogP contribution in [0.15, 0.2) is 91.5 Å². The second kappa shape index (κ2) is 8.48. The van der Waals surface area contributed by atoms with E-state index in [4.69, 9.17) is 9.84 Å². The van der Waals surface area contributed by atoms with Crippen molar-refractivity contribution in [2.75, 3.05) is 0 Å². The molecule has 0 unspecified atom stereocenters. The normalized spacial score (nSPS) is 15.8. The van der Waals surface area contributed by atoms with Gasteiger partial charge in [0.1, 0.15) is 0 Å². The first-order chi connectivity index (χ1) is 14.6. The molecule has 0 atom stereocenters. The van der Waals surface area contributed by atoms with Gasteiger partial charge in [-0.3, -0.25) is 0 Å². The molecule has 0 aromatic heterocycles. The van der Waals surface area contributed by atoms with E-state index in [1.807, 2.05) is 12.1 Å². The van der Waals surface area contributed by atoms with Gasteiger partial charge in [-0.1, -0.05) is 0 Å². The van der Waals surface area contributed by atoms with Crippen molar-refractivity contribution in [1.82, 2.24) is 0 Å². The Bertz CT molecular complexity index is 1040. The predicted octanol–water partition coefficient (Wildman–Crippen LogP) is 6.91. The average Bonchev–Trinajstić information content (AvgIpc) is 3.49. The molecule has 30 heavy (non-hydrogen) atoms. The summed E-state index contributed by atoms with van der Waals surface area (Å²) < 4.78 is 21.7. The van der Waals surface area contributed by atoms with Crippen LogP contribution in [0.3, 0.4) is 0 Å². The zero-order chi connectivity index (χ0) is 21.1. The Morgan fingerprint density at radius 1 is 0.733 bits per heavy atom. The summed E-state index contributed by atoms with van der Waals surface area (Å²) in [6.45, 7) is 4.32. The van der Waals surface area contributed by atoms with E-state index in [0.717, 1.165) is 37.2 Å². The molecule has 2 aromatic rings. The van der Waals surface area contributed by atoms with Crippen molar-refractivity contribution in [1.29, 1.82) is 0 Å². The molecule has 0 amide bonds. The van der Waals surface area contributed by atoms with Crippen LogP contribution >= 0.6 is 0 Å². The number of aryl methyl sites for hydroxylation is 2. The standard InChI is InChI=1S/2C8H10O.2C5H5.CH2.Zr/c2*1-2-7-5-3-4-6-8(7)9;2*1-2-4-5-3-1;;/h2*3-6,9H,2H2,1H3;2*1-3H,4H2;1H2;/q;;;;;+2/p-2. The minimum atomic E-state index is -4.87. The second-order valence-electron chi connectivity index (χ2n) is 8.03. The van der Waals surface area contributed by atoms with Crippen molar-refractivity contribution >= 4 is 4.21 Å². The number of rotatable bonds is 8. The van der Waals surface area contributed by atoms with Crippen LogP contribution < -0.4 is 5.63 Å². The average molecular weight is 478 g/mol. The van der Waals surface area contributed by atoms with E-state index >= 15 is 0 Å². The number of benzene rings is 2. The van der Waals surface area contributed by atoms with Crippen LogP contribution in [-0.2, 0) is 32.0 Å². The predicted molar refractivity (Wildman–Crippen MR) is 124 cm³/mol. The molecule has 154 valence electrons. The van der Waals surface area contributed by atoms with Crippen molar-refractivity contribution < 1.29 is 24.8 Å². The fourth-order valence-corrected chi connectivity index (χ4v) is 14.8. The first-order valence-corrected chi connectivity index (χ1v) is 17.1. The van der Waals surface area contributed by atoms with Crippen LogP contribution in [0.4, 0.5) is 0 Å². The Labute approximate surface area is 182 Å². The van der Waals surface area contributed by atoms with Gasteiger partial charge >= 0.3 is 183 Å². The van der Waals surface area contributed by atoms with E-state index in [1.165, 1.54) is 17.7 Å². The van der Waals surface area contributed by atoms with Crippen LogP contribution in [0, 0.1) is 0 Å². The third kappa shape index (κ3) is 3.65. The van der Waals surface area contributed by atoms with E-state index in [1.54, 1.807) is 0 Å².